The summed E-state index contributed by atoms with van der Waals surface area (Å²) in [5.41, 5.74) is 0. The van der Waals surface area contributed by atoms with Gasteiger partial charge >= 0.3 is 0 Å². The average molecular weight is 252 g/mol. The van der Waals surface area contributed by atoms with Crippen LogP contribution in [-0.2, 0) is 4.79 Å². The third-order valence-corrected chi connectivity index (χ3v) is 3.78. The molecule has 1 aromatic heterocycles. The first-order valence-corrected chi connectivity index (χ1v) is 6.81. The Morgan fingerprint density at radius 1 is 1.59 bits per heavy atom. The van der Waals surface area contributed by atoms with Gasteiger partial charge in [0, 0.05) is 24.7 Å². The predicted molar refractivity (Wildman–Crippen MR) is 66.5 cm³/mol. The highest BCUT2D eigenvalue weighted by Crippen LogP contribution is 2.27. The fraction of sp³-hybridized carbons (Fsp3) is 0.500. The number of thioether (sulfide) groups is 1. The molecule has 5 heteroatoms. The lowest BCUT2D eigenvalue weighted by molar-refractivity contribution is -0.645. The highest BCUT2D eigenvalue weighted by atomic mass is 32.2. The van der Waals surface area contributed by atoms with Crippen molar-refractivity contribution < 1.29 is 9.52 Å². The van der Waals surface area contributed by atoms with Crippen LogP contribution in [0.5, 0.6) is 0 Å². The van der Waals surface area contributed by atoms with E-state index in [1.807, 2.05) is 11.8 Å². The molecule has 0 bridgehead atoms. The molecule has 1 fully saturated rings. The maximum Gasteiger partial charge on any atom is 0.251 e. The number of carbonyl (C=O) groups is 1. The summed E-state index contributed by atoms with van der Waals surface area (Å²) in [6, 6.07) is 5.67. The number of rotatable bonds is 5. The van der Waals surface area contributed by atoms with Crippen LogP contribution >= 0.6 is 11.8 Å². The molecule has 92 valence electrons. The summed E-state index contributed by atoms with van der Waals surface area (Å²) < 4.78 is 0.797. The summed E-state index contributed by atoms with van der Waals surface area (Å²) in [5.74, 6) is 0.472. The molecule has 0 radical (unpaired) electrons. The molecule has 1 aliphatic rings. The summed E-state index contributed by atoms with van der Waals surface area (Å²) >= 11 is 1.30. The van der Waals surface area contributed by atoms with Gasteiger partial charge in [-0.2, -0.15) is 4.73 Å². The van der Waals surface area contributed by atoms with Crippen LogP contribution in [-0.4, -0.2) is 29.1 Å². The van der Waals surface area contributed by atoms with Crippen LogP contribution in [0.15, 0.2) is 29.4 Å². The van der Waals surface area contributed by atoms with Gasteiger partial charge in [-0.05, 0) is 37.6 Å². The highest BCUT2D eigenvalue weighted by molar-refractivity contribution is 7.99. The number of aromatic nitrogens is 1. The quantitative estimate of drug-likeness (QED) is 0.452. The van der Waals surface area contributed by atoms with Crippen molar-refractivity contribution in [2.45, 2.75) is 30.8 Å². The van der Waals surface area contributed by atoms with Crippen molar-refractivity contribution in [2.75, 3.05) is 12.3 Å². The molecule has 1 aromatic rings. The van der Waals surface area contributed by atoms with E-state index in [0.29, 0.717) is 16.8 Å². The van der Waals surface area contributed by atoms with E-state index in [2.05, 4.69) is 0 Å². The molecule has 1 saturated carbocycles. The third kappa shape index (κ3) is 3.12. The van der Waals surface area contributed by atoms with E-state index in [1.165, 1.54) is 18.0 Å². The number of carbonyl (C=O) groups excluding carboxylic acids is 1. The lowest BCUT2D eigenvalue weighted by Gasteiger charge is -2.19. The number of pyridine rings is 1. The van der Waals surface area contributed by atoms with Gasteiger partial charge in [0.2, 0.25) is 5.91 Å². The minimum Gasteiger partial charge on any atom is -0.618 e. The molecule has 2 rings (SSSR count). The van der Waals surface area contributed by atoms with Crippen LogP contribution in [0.4, 0.5) is 0 Å². The maximum absolute atomic E-state index is 11.9. The number of amides is 1. The van der Waals surface area contributed by atoms with Crippen molar-refractivity contribution in [3.05, 3.63) is 29.6 Å². The Bertz CT molecular complexity index is 407. The zero-order valence-electron chi connectivity index (χ0n) is 9.83. The van der Waals surface area contributed by atoms with Crippen LogP contribution in [0, 0.1) is 5.21 Å². The van der Waals surface area contributed by atoms with Crippen molar-refractivity contribution >= 4 is 17.7 Å². The Morgan fingerprint density at radius 3 is 2.94 bits per heavy atom. The molecule has 0 aliphatic heterocycles. The van der Waals surface area contributed by atoms with Crippen LogP contribution < -0.4 is 4.73 Å². The van der Waals surface area contributed by atoms with Crippen LogP contribution in [0.1, 0.15) is 19.8 Å². The normalized spacial score (nSPS) is 14.6. The number of hydrogen-bond acceptors (Lipinski definition) is 3. The van der Waals surface area contributed by atoms with Crippen molar-refractivity contribution in [1.82, 2.24) is 4.90 Å². The molecule has 0 saturated heterocycles. The SMILES string of the molecule is CCN(C(=O)CSc1cccc[n+]1[O-])C1CC1. The van der Waals surface area contributed by atoms with Gasteiger partial charge in [0.05, 0.1) is 5.75 Å². The summed E-state index contributed by atoms with van der Waals surface area (Å²) in [5, 5.41) is 12.0. The van der Waals surface area contributed by atoms with E-state index in [-0.39, 0.29) is 5.91 Å². The average Bonchev–Trinajstić information content (AvgIpc) is 3.13. The van der Waals surface area contributed by atoms with Gasteiger partial charge in [-0.1, -0.05) is 0 Å². The van der Waals surface area contributed by atoms with E-state index < -0.39 is 0 Å². The highest BCUT2D eigenvalue weighted by Gasteiger charge is 2.31. The molecule has 1 aliphatic carbocycles. The summed E-state index contributed by atoms with van der Waals surface area (Å²) in [4.78, 5) is 13.8. The molecular weight excluding hydrogens is 236 g/mol. The van der Waals surface area contributed by atoms with Gasteiger partial charge in [0.15, 0.2) is 6.20 Å². The lowest BCUT2D eigenvalue weighted by atomic mass is 10.4. The van der Waals surface area contributed by atoms with Crippen molar-refractivity contribution in [1.29, 1.82) is 0 Å². The van der Waals surface area contributed by atoms with Gasteiger partial charge < -0.3 is 10.1 Å². The van der Waals surface area contributed by atoms with Crippen LogP contribution in [0.25, 0.3) is 0 Å². The summed E-state index contributed by atoms with van der Waals surface area (Å²) in [6.45, 7) is 2.76. The van der Waals surface area contributed by atoms with Gasteiger partial charge in [0.1, 0.15) is 0 Å². The standard InChI is InChI=1S/C12H16N2O2S/c1-2-13(10-6-7-10)11(15)9-17-12-5-3-4-8-14(12)16/h3-5,8,10H,2,6-7,9H2,1H3. The fourth-order valence-electron chi connectivity index (χ4n) is 1.77. The monoisotopic (exact) mass is 252 g/mol. The molecule has 0 unspecified atom stereocenters. The van der Waals surface area contributed by atoms with Gasteiger partial charge in [-0.15, -0.1) is 0 Å². The molecule has 0 N–H and O–H groups in total. The first-order valence-electron chi connectivity index (χ1n) is 5.83. The minimum absolute atomic E-state index is 0.129. The van der Waals surface area contributed by atoms with Gasteiger partial charge in [-0.3, -0.25) is 4.79 Å². The van der Waals surface area contributed by atoms with E-state index >= 15 is 0 Å². The third-order valence-electron chi connectivity index (χ3n) is 2.78. The van der Waals surface area contributed by atoms with E-state index in [0.717, 1.165) is 24.1 Å². The first kappa shape index (κ1) is 12.2. The molecule has 0 spiro atoms. The molecule has 0 aromatic carbocycles. The van der Waals surface area contributed by atoms with Crippen molar-refractivity contribution in [3.63, 3.8) is 0 Å². The molecule has 17 heavy (non-hydrogen) atoms. The van der Waals surface area contributed by atoms with E-state index in [4.69, 9.17) is 0 Å². The Morgan fingerprint density at radius 2 is 2.35 bits per heavy atom. The lowest BCUT2D eigenvalue weighted by Crippen LogP contribution is -2.35. The second kappa shape index (κ2) is 5.40. The van der Waals surface area contributed by atoms with Crippen LogP contribution in [0.3, 0.4) is 0 Å². The van der Waals surface area contributed by atoms with Crippen molar-refractivity contribution in [3.8, 4) is 0 Å². The Hall–Kier alpha value is -1.23. The van der Waals surface area contributed by atoms with Gasteiger partial charge in [0.25, 0.3) is 5.03 Å². The topological polar surface area (TPSA) is 47.2 Å². The second-order valence-corrected chi connectivity index (χ2v) is 5.06. The minimum atomic E-state index is 0.129. The van der Waals surface area contributed by atoms with E-state index in [1.54, 1.807) is 18.2 Å². The Kier molecular flexibility index (Phi) is 3.89. The first-order chi connectivity index (χ1) is 8.22. The molecule has 1 heterocycles. The van der Waals surface area contributed by atoms with Gasteiger partial charge in [-0.25, -0.2) is 0 Å². The summed E-state index contributed by atoms with van der Waals surface area (Å²) in [6.07, 6.45) is 3.69. The number of hydrogen-bond donors (Lipinski definition) is 0. The zero-order valence-corrected chi connectivity index (χ0v) is 10.7. The zero-order chi connectivity index (χ0) is 12.3. The smallest absolute Gasteiger partial charge is 0.251 e. The molecule has 1 amide bonds. The predicted octanol–water partition coefficient (Wildman–Crippen LogP) is 1.42. The number of nitrogens with zero attached hydrogens (tertiary/aromatic N) is 2. The van der Waals surface area contributed by atoms with Crippen LogP contribution in [0.2, 0.25) is 0 Å². The summed E-state index contributed by atoms with van der Waals surface area (Å²) in [7, 11) is 0. The Labute approximate surface area is 105 Å². The maximum atomic E-state index is 11.9. The fourth-order valence-corrected chi connectivity index (χ4v) is 2.57. The molecule has 0 atom stereocenters. The Balaban J connectivity index is 1.89. The second-order valence-electron chi connectivity index (χ2n) is 4.06. The van der Waals surface area contributed by atoms with Crippen molar-refractivity contribution in [2.24, 2.45) is 0 Å². The molecule has 4 nitrogen and oxygen atoms in total. The van der Waals surface area contributed by atoms with E-state index in [9.17, 15) is 10.0 Å². The largest absolute Gasteiger partial charge is 0.618 e. The molecular formula is C12H16N2O2S.